The molecule has 0 amide bonds. The summed E-state index contributed by atoms with van der Waals surface area (Å²) < 4.78 is 11.0. The van der Waals surface area contributed by atoms with Crippen molar-refractivity contribution in [2.75, 3.05) is 13.9 Å². The van der Waals surface area contributed by atoms with Crippen LogP contribution in [0.3, 0.4) is 0 Å². The van der Waals surface area contributed by atoms with Crippen molar-refractivity contribution in [1.29, 1.82) is 0 Å². The molecule has 0 aliphatic carbocycles. The Balaban J connectivity index is 2.51. The second kappa shape index (κ2) is 4.67. The molecule has 0 aliphatic heterocycles. The number of aromatic amines is 1. The Bertz CT molecular complexity index is 565. The molecule has 0 fully saturated rings. The van der Waals surface area contributed by atoms with E-state index in [0.29, 0.717) is 5.75 Å². The molecule has 0 radical (unpaired) electrons. The maximum atomic E-state index is 11.2. The van der Waals surface area contributed by atoms with E-state index in [1.807, 2.05) is 6.07 Å². The molecule has 0 spiro atoms. The number of rotatable bonds is 3. The van der Waals surface area contributed by atoms with Gasteiger partial charge in [0.2, 0.25) is 5.56 Å². The van der Waals surface area contributed by atoms with Gasteiger partial charge in [-0.05, 0) is 33.4 Å². The Hall–Kier alpha value is -1.33. The standard InChI is InChI=1S/C11H10BrNO3/c1-15-6-16-10-5-9-7(4-8(10)12)2-3-11(14)13-9/h2-5H,6H2,1H3,(H,13,14). The minimum atomic E-state index is -0.132. The first-order valence-electron chi connectivity index (χ1n) is 4.65. The number of ether oxygens (including phenoxy) is 2. The first-order chi connectivity index (χ1) is 7.70. The van der Waals surface area contributed by atoms with Gasteiger partial charge in [0, 0.05) is 19.2 Å². The fourth-order valence-electron chi connectivity index (χ4n) is 1.39. The Morgan fingerprint density at radius 2 is 2.19 bits per heavy atom. The second-order valence-corrected chi connectivity index (χ2v) is 4.10. The molecule has 2 rings (SSSR count). The van der Waals surface area contributed by atoms with Crippen molar-refractivity contribution in [2.24, 2.45) is 0 Å². The molecule has 1 aromatic carbocycles. The Morgan fingerprint density at radius 3 is 2.94 bits per heavy atom. The van der Waals surface area contributed by atoms with E-state index in [-0.39, 0.29) is 12.4 Å². The van der Waals surface area contributed by atoms with Gasteiger partial charge in [-0.15, -0.1) is 0 Å². The monoisotopic (exact) mass is 283 g/mol. The van der Waals surface area contributed by atoms with Crippen LogP contribution in [0.4, 0.5) is 0 Å². The molecule has 0 bridgehead atoms. The van der Waals surface area contributed by atoms with Gasteiger partial charge in [0.25, 0.3) is 0 Å². The van der Waals surface area contributed by atoms with Gasteiger partial charge in [0.15, 0.2) is 6.79 Å². The summed E-state index contributed by atoms with van der Waals surface area (Å²) in [5.74, 6) is 0.635. The van der Waals surface area contributed by atoms with Gasteiger partial charge in [0.05, 0.1) is 9.99 Å². The first kappa shape index (κ1) is 11.2. The number of aromatic nitrogens is 1. The van der Waals surface area contributed by atoms with E-state index in [9.17, 15) is 4.79 Å². The highest BCUT2D eigenvalue weighted by Crippen LogP contribution is 2.29. The van der Waals surface area contributed by atoms with Crippen LogP contribution < -0.4 is 10.3 Å². The summed E-state index contributed by atoms with van der Waals surface area (Å²) in [7, 11) is 1.55. The van der Waals surface area contributed by atoms with Crippen molar-refractivity contribution in [3.8, 4) is 5.75 Å². The normalized spacial score (nSPS) is 10.6. The van der Waals surface area contributed by atoms with Crippen LogP contribution >= 0.6 is 15.9 Å². The number of halogens is 1. The zero-order chi connectivity index (χ0) is 11.5. The van der Waals surface area contributed by atoms with Crippen LogP contribution in [0.2, 0.25) is 0 Å². The van der Waals surface area contributed by atoms with Crippen LogP contribution in [0.1, 0.15) is 0 Å². The Labute approximate surface area is 100 Å². The third-order valence-electron chi connectivity index (χ3n) is 2.11. The summed E-state index contributed by atoms with van der Waals surface area (Å²) >= 11 is 3.39. The predicted molar refractivity (Wildman–Crippen MR) is 64.8 cm³/mol. The quantitative estimate of drug-likeness (QED) is 0.880. The van der Waals surface area contributed by atoms with E-state index in [4.69, 9.17) is 9.47 Å². The summed E-state index contributed by atoms with van der Waals surface area (Å²) in [6.07, 6.45) is 0. The van der Waals surface area contributed by atoms with Gasteiger partial charge in [-0.1, -0.05) is 0 Å². The molecule has 0 unspecified atom stereocenters. The minimum Gasteiger partial charge on any atom is -0.466 e. The van der Waals surface area contributed by atoms with Gasteiger partial charge < -0.3 is 14.5 Å². The Morgan fingerprint density at radius 1 is 1.38 bits per heavy atom. The first-order valence-corrected chi connectivity index (χ1v) is 5.44. The number of nitrogens with one attached hydrogen (secondary N) is 1. The molecule has 16 heavy (non-hydrogen) atoms. The number of fused-ring (bicyclic) bond motifs is 1. The van der Waals surface area contributed by atoms with Gasteiger partial charge >= 0.3 is 0 Å². The molecule has 4 nitrogen and oxygen atoms in total. The van der Waals surface area contributed by atoms with E-state index in [0.717, 1.165) is 15.4 Å². The molecule has 0 aliphatic rings. The lowest BCUT2D eigenvalue weighted by Crippen LogP contribution is -2.03. The summed E-state index contributed by atoms with van der Waals surface area (Å²) in [5, 5.41) is 0.941. The molecule has 1 heterocycles. The zero-order valence-corrected chi connectivity index (χ0v) is 10.2. The van der Waals surface area contributed by atoms with Crippen LogP contribution in [0.15, 0.2) is 33.5 Å². The van der Waals surface area contributed by atoms with E-state index in [1.165, 1.54) is 6.07 Å². The molecule has 0 saturated carbocycles. The van der Waals surface area contributed by atoms with Crippen LogP contribution in [-0.2, 0) is 4.74 Å². The van der Waals surface area contributed by atoms with Crippen LogP contribution in [0.5, 0.6) is 5.75 Å². The lowest BCUT2D eigenvalue weighted by atomic mass is 10.2. The SMILES string of the molecule is COCOc1cc2[nH]c(=O)ccc2cc1Br. The van der Waals surface area contributed by atoms with Crippen molar-refractivity contribution >= 4 is 26.8 Å². The largest absolute Gasteiger partial charge is 0.466 e. The van der Waals surface area contributed by atoms with Gasteiger partial charge in [-0.3, -0.25) is 4.79 Å². The van der Waals surface area contributed by atoms with Crippen molar-refractivity contribution in [1.82, 2.24) is 4.98 Å². The van der Waals surface area contributed by atoms with Crippen LogP contribution in [0, 0.1) is 0 Å². The number of H-pyrrole nitrogens is 1. The topological polar surface area (TPSA) is 51.3 Å². The predicted octanol–water partition coefficient (Wildman–Crippen LogP) is 2.27. The second-order valence-electron chi connectivity index (χ2n) is 3.24. The fraction of sp³-hybridized carbons (Fsp3) is 0.182. The molecule has 0 atom stereocenters. The summed E-state index contributed by atoms with van der Waals surface area (Å²) in [5.41, 5.74) is 0.606. The molecular formula is C11H10BrNO3. The van der Waals surface area contributed by atoms with E-state index >= 15 is 0 Å². The highest BCUT2D eigenvalue weighted by molar-refractivity contribution is 9.10. The molecule has 84 valence electrons. The lowest BCUT2D eigenvalue weighted by molar-refractivity contribution is 0.0507. The third kappa shape index (κ3) is 2.25. The van der Waals surface area contributed by atoms with Crippen molar-refractivity contribution < 1.29 is 9.47 Å². The van der Waals surface area contributed by atoms with Crippen molar-refractivity contribution in [3.05, 3.63) is 39.1 Å². The number of pyridine rings is 1. The Kier molecular flexibility index (Phi) is 3.26. The molecule has 5 heteroatoms. The molecule has 1 N–H and O–H groups in total. The fourth-order valence-corrected chi connectivity index (χ4v) is 1.86. The summed E-state index contributed by atoms with van der Waals surface area (Å²) in [6, 6.07) is 6.90. The van der Waals surface area contributed by atoms with E-state index in [1.54, 1.807) is 19.2 Å². The minimum absolute atomic E-state index is 0.132. The van der Waals surface area contributed by atoms with Gasteiger partial charge in [-0.2, -0.15) is 0 Å². The van der Waals surface area contributed by atoms with E-state index < -0.39 is 0 Å². The number of hydrogen-bond acceptors (Lipinski definition) is 3. The molecule has 1 aromatic heterocycles. The van der Waals surface area contributed by atoms with Gasteiger partial charge in [-0.25, -0.2) is 0 Å². The number of methoxy groups -OCH3 is 1. The molecule has 2 aromatic rings. The number of benzene rings is 1. The smallest absolute Gasteiger partial charge is 0.248 e. The van der Waals surface area contributed by atoms with Crippen molar-refractivity contribution in [2.45, 2.75) is 0 Å². The maximum absolute atomic E-state index is 11.2. The average molecular weight is 284 g/mol. The van der Waals surface area contributed by atoms with Crippen molar-refractivity contribution in [3.63, 3.8) is 0 Å². The zero-order valence-electron chi connectivity index (χ0n) is 8.62. The highest BCUT2D eigenvalue weighted by Gasteiger charge is 2.04. The van der Waals surface area contributed by atoms with E-state index in [2.05, 4.69) is 20.9 Å². The van der Waals surface area contributed by atoms with Crippen LogP contribution in [-0.4, -0.2) is 18.9 Å². The lowest BCUT2D eigenvalue weighted by Gasteiger charge is -2.08. The molecular weight excluding hydrogens is 274 g/mol. The average Bonchev–Trinajstić information content (AvgIpc) is 2.27. The summed E-state index contributed by atoms with van der Waals surface area (Å²) in [6.45, 7) is 0.168. The van der Waals surface area contributed by atoms with Gasteiger partial charge in [0.1, 0.15) is 5.75 Å². The van der Waals surface area contributed by atoms with Crippen LogP contribution in [0.25, 0.3) is 10.9 Å². The number of hydrogen-bond donors (Lipinski definition) is 1. The third-order valence-corrected chi connectivity index (χ3v) is 2.73. The molecule has 0 saturated heterocycles. The maximum Gasteiger partial charge on any atom is 0.248 e. The summed E-state index contributed by atoms with van der Waals surface area (Å²) in [4.78, 5) is 13.9. The highest BCUT2D eigenvalue weighted by atomic mass is 79.9.